The van der Waals surface area contributed by atoms with Crippen LogP contribution in [0.4, 0.5) is 0 Å². The molecule has 0 radical (unpaired) electrons. The predicted molar refractivity (Wildman–Crippen MR) is 38.4 cm³/mol. The van der Waals surface area contributed by atoms with E-state index in [9.17, 15) is 4.79 Å². The van der Waals surface area contributed by atoms with Gasteiger partial charge in [0, 0.05) is 13.0 Å². The average molecular weight is 171 g/mol. The van der Waals surface area contributed by atoms with Gasteiger partial charge in [-0.15, -0.1) is 10.2 Å². The summed E-state index contributed by atoms with van der Waals surface area (Å²) in [5, 5.41) is 7.04. The zero-order valence-corrected chi connectivity index (χ0v) is 6.61. The number of nitrogens with zero attached hydrogens (tertiary/aromatic N) is 2. The second-order valence-corrected chi connectivity index (χ2v) is 2.03. The molecule has 0 aliphatic rings. The van der Waals surface area contributed by atoms with Gasteiger partial charge in [-0.3, -0.25) is 0 Å². The summed E-state index contributed by atoms with van der Waals surface area (Å²) in [5.74, 6) is -0.426. The third-order valence-corrected chi connectivity index (χ3v) is 1.19. The Hall–Kier alpha value is -1.43. The van der Waals surface area contributed by atoms with Crippen molar-refractivity contribution < 1.29 is 13.9 Å². The normalized spacial score (nSPS) is 9.83. The van der Waals surface area contributed by atoms with E-state index in [4.69, 9.17) is 10.2 Å². The van der Waals surface area contributed by atoms with Crippen LogP contribution in [0.15, 0.2) is 4.42 Å². The molecule has 6 heteroatoms. The first-order valence-electron chi connectivity index (χ1n) is 3.38. The lowest BCUT2D eigenvalue weighted by Crippen LogP contribution is -2.02. The molecule has 66 valence electrons. The van der Waals surface area contributed by atoms with Gasteiger partial charge in [-0.2, -0.15) is 0 Å². The minimum absolute atomic E-state index is 0.138. The molecule has 1 rings (SSSR count). The summed E-state index contributed by atoms with van der Waals surface area (Å²) in [5.41, 5.74) is 5.23. The van der Waals surface area contributed by atoms with Crippen LogP contribution in [0.3, 0.4) is 0 Å². The zero-order valence-electron chi connectivity index (χ0n) is 6.61. The Bertz CT molecular complexity index is 271. The smallest absolute Gasteiger partial charge is 0.396 e. The molecular formula is C6H9N3O3. The molecule has 0 fully saturated rings. The average Bonchev–Trinajstić information content (AvgIpc) is 2.52. The fraction of sp³-hybridized carbons (Fsp3) is 0.500. The van der Waals surface area contributed by atoms with Crippen LogP contribution in [0.25, 0.3) is 0 Å². The molecule has 0 amide bonds. The second kappa shape index (κ2) is 3.82. The van der Waals surface area contributed by atoms with Crippen molar-refractivity contribution in [3.63, 3.8) is 0 Å². The first-order valence-corrected chi connectivity index (χ1v) is 3.38. The number of carbonyl (C=O) groups excluding carboxylic acids is 1. The Morgan fingerprint density at radius 3 is 3.00 bits per heavy atom. The number of aromatic nitrogens is 2. The summed E-state index contributed by atoms with van der Waals surface area (Å²) in [4.78, 5) is 10.8. The minimum atomic E-state index is -0.634. The Kier molecular flexibility index (Phi) is 2.76. The van der Waals surface area contributed by atoms with Crippen LogP contribution >= 0.6 is 0 Å². The number of hydrogen-bond acceptors (Lipinski definition) is 6. The summed E-state index contributed by atoms with van der Waals surface area (Å²) in [7, 11) is 1.25. The van der Waals surface area contributed by atoms with Crippen molar-refractivity contribution in [1.29, 1.82) is 0 Å². The maximum Gasteiger partial charge on any atom is 0.396 e. The van der Waals surface area contributed by atoms with E-state index in [2.05, 4.69) is 14.9 Å². The van der Waals surface area contributed by atoms with Crippen molar-refractivity contribution >= 4 is 5.97 Å². The van der Waals surface area contributed by atoms with Crippen molar-refractivity contribution in [2.75, 3.05) is 13.7 Å². The first-order chi connectivity index (χ1) is 5.77. The highest BCUT2D eigenvalue weighted by molar-refractivity contribution is 5.83. The number of ether oxygens (including phenoxy) is 1. The molecule has 6 nitrogen and oxygen atoms in total. The van der Waals surface area contributed by atoms with E-state index in [-0.39, 0.29) is 5.89 Å². The summed E-state index contributed by atoms with van der Waals surface area (Å²) in [6.45, 7) is 0.406. The Labute approximate surface area is 68.7 Å². The Morgan fingerprint density at radius 2 is 2.42 bits per heavy atom. The molecule has 0 aliphatic heterocycles. The van der Waals surface area contributed by atoms with E-state index in [1.807, 2.05) is 0 Å². The van der Waals surface area contributed by atoms with Crippen LogP contribution in [0.2, 0.25) is 0 Å². The molecule has 0 saturated heterocycles. The molecule has 0 atom stereocenters. The molecule has 0 unspecified atom stereocenters. The van der Waals surface area contributed by atoms with Crippen LogP contribution in [0.5, 0.6) is 0 Å². The fourth-order valence-corrected chi connectivity index (χ4v) is 0.648. The number of rotatable bonds is 3. The topological polar surface area (TPSA) is 91.2 Å². The highest BCUT2D eigenvalue weighted by Crippen LogP contribution is 2.00. The lowest BCUT2D eigenvalue weighted by Gasteiger charge is -1.89. The van der Waals surface area contributed by atoms with Gasteiger partial charge in [0.2, 0.25) is 5.89 Å². The van der Waals surface area contributed by atoms with Crippen molar-refractivity contribution in [2.24, 2.45) is 5.73 Å². The molecular weight excluding hydrogens is 162 g/mol. The van der Waals surface area contributed by atoms with E-state index >= 15 is 0 Å². The van der Waals surface area contributed by atoms with E-state index < -0.39 is 5.97 Å². The molecule has 0 aromatic carbocycles. The zero-order chi connectivity index (χ0) is 8.97. The molecule has 0 saturated carbocycles. The maximum atomic E-state index is 10.8. The highest BCUT2D eigenvalue weighted by atomic mass is 16.5. The van der Waals surface area contributed by atoms with Crippen LogP contribution in [0, 0.1) is 0 Å². The number of hydrogen-bond donors (Lipinski definition) is 1. The van der Waals surface area contributed by atoms with Gasteiger partial charge in [0.05, 0.1) is 7.11 Å². The van der Waals surface area contributed by atoms with Gasteiger partial charge in [-0.1, -0.05) is 0 Å². The highest BCUT2D eigenvalue weighted by Gasteiger charge is 2.13. The summed E-state index contributed by atoms with van der Waals surface area (Å²) in [6.07, 6.45) is 0.462. The molecule has 2 N–H and O–H groups in total. The SMILES string of the molecule is COC(=O)c1nnc(CCN)o1. The van der Waals surface area contributed by atoms with Crippen molar-refractivity contribution in [3.05, 3.63) is 11.8 Å². The molecule has 12 heavy (non-hydrogen) atoms. The van der Waals surface area contributed by atoms with Crippen LogP contribution < -0.4 is 5.73 Å². The second-order valence-electron chi connectivity index (χ2n) is 2.03. The first kappa shape index (κ1) is 8.66. The molecule has 1 aromatic rings. The van der Waals surface area contributed by atoms with Gasteiger partial charge in [0.1, 0.15) is 0 Å². The molecule has 0 spiro atoms. The van der Waals surface area contributed by atoms with E-state index in [1.165, 1.54) is 7.11 Å². The summed E-state index contributed by atoms with van der Waals surface area (Å²) >= 11 is 0. The van der Waals surface area contributed by atoms with Crippen LogP contribution in [-0.2, 0) is 11.2 Å². The van der Waals surface area contributed by atoms with Gasteiger partial charge in [0.25, 0.3) is 0 Å². The lowest BCUT2D eigenvalue weighted by atomic mass is 10.4. The van der Waals surface area contributed by atoms with E-state index in [0.29, 0.717) is 18.9 Å². The van der Waals surface area contributed by atoms with Gasteiger partial charge in [0.15, 0.2) is 0 Å². The third-order valence-electron chi connectivity index (χ3n) is 1.19. The minimum Gasteiger partial charge on any atom is -0.462 e. The van der Waals surface area contributed by atoms with Crippen LogP contribution in [0.1, 0.15) is 16.6 Å². The predicted octanol–water partition coefficient (Wildman–Crippen LogP) is -0.643. The number of methoxy groups -OCH3 is 1. The lowest BCUT2D eigenvalue weighted by molar-refractivity contribution is 0.0554. The Balaban J connectivity index is 2.70. The number of nitrogens with two attached hydrogens (primary N) is 1. The van der Waals surface area contributed by atoms with Crippen molar-refractivity contribution in [3.8, 4) is 0 Å². The monoisotopic (exact) mass is 171 g/mol. The molecule has 0 bridgehead atoms. The molecule has 1 aromatic heterocycles. The largest absolute Gasteiger partial charge is 0.462 e. The third kappa shape index (κ3) is 1.79. The van der Waals surface area contributed by atoms with Gasteiger partial charge in [-0.25, -0.2) is 4.79 Å². The molecule has 1 heterocycles. The van der Waals surface area contributed by atoms with Crippen molar-refractivity contribution in [2.45, 2.75) is 6.42 Å². The maximum absolute atomic E-state index is 10.8. The quantitative estimate of drug-likeness (QED) is 0.608. The van der Waals surface area contributed by atoms with Gasteiger partial charge in [-0.05, 0) is 0 Å². The standard InChI is InChI=1S/C6H9N3O3/c1-11-6(10)5-9-8-4(12-5)2-3-7/h2-3,7H2,1H3. The summed E-state index contributed by atoms with van der Waals surface area (Å²) < 4.78 is 9.26. The van der Waals surface area contributed by atoms with Crippen molar-refractivity contribution in [1.82, 2.24) is 10.2 Å². The number of esters is 1. The van der Waals surface area contributed by atoms with E-state index in [1.54, 1.807) is 0 Å². The summed E-state index contributed by atoms with van der Waals surface area (Å²) in [6, 6.07) is 0. The van der Waals surface area contributed by atoms with Gasteiger partial charge < -0.3 is 14.9 Å². The molecule has 0 aliphatic carbocycles. The van der Waals surface area contributed by atoms with E-state index in [0.717, 1.165) is 0 Å². The fourth-order valence-electron chi connectivity index (χ4n) is 0.648. The van der Waals surface area contributed by atoms with Crippen LogP contribution in [-0.4, -0.2) is 29.8 Å². The number of carbonyl (C=O) groups is 1. The Morgan fingerprint density at radius 1 is 1.67 bits per heavy atom. The van der Waals surface area contributed by atoms with Gasteiger partial charge >= 0.3 is 11.9 Å².